The van der Waals surface area contributed by atoms with Crippen LogP contribution in [-0.4, -0.2) is 19.9 Å². The molecule has 5 heteroatoms. The van der Waals surface area contributed by atoms with Gasteiger partial charge in [-0.3, -0.25) is 9.97 Å². The molecule has 3 aromatic heterocycles. The highest BCUT2D eigenvalue weighted by molar-refractivity contribution is 5.80. The second kappa shape index (κ2) is 6.54. The first-order chi connectivity index (χ1) is 12.4. The van der Waals surface area contributed by atoms with Crippen molar-refractivity contribution >= 4 is 10.9 Å². The summed E-state index contributed by atoms with van der Waals surface area (Å²) in [6, 6.07) is 16.2. The largest absolute Gasteiger partial charge is 0.348 e. The Morgan fingerprint density at radius 1 is 1.08 bits per heavy atom. The van der Waals surface area contributed by atoms with Crippen molar-refractivity contribution in [3.05, 3.63) is 89.9 Å². The van der Waals surface area contributed by atoms with E-state index >= 15 is 0 Å². The van der Waals surface area contributed by atoms with Gasteiger partial charge in [-0.05, 0) is 41.5 Å². The van der Waals surface area contributed by atoms with Crippen molar-refractivity contribution in [1.29, 1.82) is 5.26 Å². The summed E-state index contributed by atoms with van der Waals surface area (Å²) in [5, 5.41) is 10.3. The molecule has 0 fully saturated rings. The molecule has 0 aliphatic heterocycles. The first-order valence-electron chi connectivity index (χ1n) is 8.00. The summed E-state index contributed by atoms with van der Waals surface area (Å²) < 4.78 is 0. The number of nitrogens with one attached hydrogen (secondary N) is 1. The predicted octanol–water partition coefficient (Wildman–Crippen LogP) is 3.60. The monoisotopic (exact) mass is 325 g/mol. The molecule has 0 amide bonds. The maximum atomic E-state index is 9.30. The van der Waals surface area contributed by atoms with Crippen molar-refractivity contribution in [1.82, 2.24) is 19.9 Å². The van der Waals surface area contributed by atoms with Crippen LogP contribution < -0.4 is 0 Å². The van der Waals surface area contributed by atoms with Crippen LogP contribution in [0, 0.1) is 11.3 Å². The van der Waals surface area contributed by atoms with Crippen LogP contribution >= 0.6 is 0 Å². The Labute approximate surface area is 145 Å². The van der Waals surface area contributed by atoms with E-state index in [1.54, 1.807) is 24.9 Å². The molecule has 0 aliphatic carbocycles. The minimum Gasteiger partial charge on any atom is -0.348 e. The Bertz CT molecular complexity index is 1030. The molecule has 120 valence electrons. The zero-order valence-corrected chi connectivity index (χ0v) is 13.4. The highest BCUT2D eigenvalue weighted by atomic mass is 14.9. The van der Waals surface area contributed by atoms with Gasteiger partial charge in [-0.2, -0.15) is 5.26 Å². The van der Waals surface area contributed by atoms with Crippen LogP contribution in [0.25, 0.3) is 10.9 Å². The summed E-state index contributed by atoms with van der Waals surface area (Å²) in [5.74, 6) is -0.126. The van der Waals surface area contributed by atoms with E-state index in [2.05, 4.69) is 32.1 Å². The Hall–Kier alpha value is -3.52. The van der Waals surface area contributed by atoms with E-state index in [4.69, 9.17) is 0 Å². The summed E-state index contributed by atoms with van der Waals surface area (Å²) in [4.78, 5) is 16.4. The SMILES string of the molecule is N#CCc1cc2cccnc2cc1C(c1ccccn1)c1cnc[nH]1. The predicted molar refractivity (Wildman–Crippen MR) is 94.8 cm³/mol. The third-order valence-corrected chi connectivity index (χ3v) is 4.26. The summed E-state index contributed by atoms with van der Waals surface area (Å²) in [5.41, 5.74) is 4.75. The quantitative estimate of drug-likeness (QED) is 0.622. The zero-order valence-electron chi connectivity index (χ0n) is 13.4. The number of benzene rings is 1. The topological polar surface area (TPSA) is 78.2 Å². The number of aromatic nitrogens is 4. The Kier molecular flexibility index (Phi) is 3.93. The number of imidazole rings is 1. The molecule has 3 heterocycles. The smallest absolute Gasteiger partial charge is 0.0922 e. The number of nitrogens with zero attached hydrogens (tertiary/aromatic N) is 4. The Balaban J connectivity index is 1.98. The van der Waals surface area contributed by atoms with E-state index in [1.807, 2.05) is 36.4 Å². The minimum atomic E-state index is -0.126. The number of rotatable bonds is 4. The van der Waals surface area contributed by atoms with Crippen LogP contribution in [-0.2, 0) is 6.42 Å². The highest BCUT2D eigenvalue weighted by Gasteiger charge is 2.23. The van der Waals surface area contributed by atoms with E-state index in [1.165, 1.54) is 0 Å². The van der Waals surface area contributed by atoms with Crippen LogP contribution in [0.2, 0.25) is 0 Å². The van der Waals surface area contributed by atoms with Crippen LogP contribution in [0.4, 0.5) is 0 Å². The molecule has 4 aromatic rings. The summed E-state index contributed by atoms with van der Waals surface area (Å²) in [7, 11) is 0. The molecule has 1 unspecified atom stereocenters. The number of hydrogen-bond acceptors (Lipinski definition) is 4. The lowest BCUT2D eigenvalue weighted by Crippen LogP contribution is -2.09. The maximum absolute atomic E-state index is 9.30. The second-order valence-electron chi connectivity index (χ2n) is 5.78. The molecule has 0 saturated heterocycles. The van der Waals surface area contributed by atoms with Crippen molar-refractivity contribution in [2.24, 2.45) is 0 Å². The number of aromatic amines is 1. The van der Waals surface area contributed by atoms with Gasteiger partial charge in [0.25, 0.3) is 0 Å². The van der Waals surface area contributed by atoms with E-state index < -0.39 is 0 Å². The third kappa shape index (κ3) is 2.86. The van der Waals surface area contributed by atoms with Crippen LogP contribution in [0.15, 0.2) is 67.4 Å². The molecule has 0 bridgehead atoms. The molecule has 0 saturated carbocycles. The minimum absolute atomic E-state index is 0.126. The van der Waals surface area contributed by atoms with Crippen LogP contribution in [0.5, 0.6) is 0 Å². The van der Waals surface area contributed by atoms with Crippen molar-refractivity contribution < 1.29 is 0 Å². The number of pyridine rings is 2. The van der Waals surface area contributed by atoms with Gasteiger partial charge in [0.15, 0.2) is 0 Å². The van der Waals surface area contributed by atoms with Gasteiger partial charge in [0.05, 0.1) is 35.9 Å². The molecule has 0 spiro atoms. The first kappa shape index (κ1) is 15.0. The number of hydrogen-bond donors (Lipinski definition) is 1. The number of fused-ring (bicyclic) bond motifs is 1. The number of H-pyrrole nitrogens is 1. The lowest BCUT2D eigenvalue weighted by Gasteiger charge is -2.19. The van der Waals surface area contributed by atoms with E-state index in [9.17, 15) is 5.26 Å². The Morgan fingerprint density at radius 2 is 2.00 bits per heavy atom. The van der Waals surface area contributed by atoms with Crippen LogP contribution in [0.3, 0.4) is 0 Å². The molecule has 5 nitrogen and oxygen atoms in total. The standard InChI is InChI=1S/C20H15N5/c21-7-6-14-10-15-4-3-9-24-18(15)11-16(14)20(19-12-22-13-25-19)17-5-1-2-8-23-17/h1-5,8-13,20H,6H2,(H,22,25). The third-order valence-electron chi connectivity index (χ3n) is 4.26. The van der Waals surface area contributed by atoms with Crippen molar-refractivity contribution in [2.45, 2.75) is 12.3 Å². The second-order valence-corrected chi connectivity index (χ2v) is 5.78. The van der Waals surface area contributed by atoms with Gasteiger partial charge < -0.3 is 4.98 Å². The van der Waals surface area contributed by atoms with Crippen LogP contribution in [0.1, 0.15) is 28.4 Å². The maximum Gasteiger partial charge on any atom is 0.0922 e. The fraction of sp³-hybridized carbons (Fsp3) is 0.100. The lowest BCUT2D eigenvalue weighted by molar-refractivity contribution is 0.874. The molecule has 1 aromatic carbocycles. The Morgan fingerprint density at radius 3 is 2.76 bits per heavy atom. The van der Waals surface area contributed by atoms with Gasteiger partial charge in [-0.15, -0.1) is 0 Å². The molecule has 1 N–H and O–H groups in total. The molecule has 4 rings (SSSR count). The van der Waals surface area contributed by atoms with Gasteiger partial charge in [0.1, 0.15) is 0 Å². The molecular weight excluding hydrogens is 310 g/mol. The molecule has 0 radical (unpaired) electrons. The number of nitriles is 1. The summed E-state index contributed by atoms with van der Waals surface area (Å²) in [6.45, 7) is 0. The van der Waals surface area contributed by atoms with Gasteiger partial charge in [0, 0.05) is 29.7 Å². The van der Waals surface area contributed by atoms with Crippen molar-refractivity contribution in [2.75, 3.05) is 0 Å². The van der Waals surface area contributed by atoms with Gasteiger partial charge in [-0.25, -0.2) is 4.98 Å². The van der Waals surface area contributed by atoms with Gasteiger partial charge >= 0.3 is 0 Å². The molecule has 1 atom stereocenters. The average Bonchev–Trinajstić information content (AvgIpc) is 3.18. The lowest BCUT2D eigenvalue weighted by atomic mass is 9.87. The van der Waals surface area contributed by atoms with E-state index in [0.717, 1.165) is 33.4 Å². The van der Waals surface area contributed by atoms with E-state index in [-0.39, 0.29) is 5.92 Å². The fourth-order valence-electron chi connectivity index (χ4n) is 3.15. The summed E-state index contributed by atoms with van der Waals surface area (Å²) >= 11 is 0. The van der Waals surface area contributed by atoms with Gasteiger partial charge in [-0.1, -0.05) is 12.1 Å². The first-order valence-corrected chi connectivity index (χ1v) is 8.00. The fourth-order valence-corrected chi connectivity index (χ4v) is 3.15. The van der Waals surface area contributed by atoms with Crippen molar-refractivity contribution in [3.63, 3.8) is 0 Å². The summed E-state index contributed by atoms with van der Waals surface area (Å²) in [6.07, 6.45) is 7.36. The average molecular weight is 325 g/mol. The van der Waals surface area contributed by atoms with E-state index in [0.29, 0.717) is 6.42 Å². The zero-order chi connectivity index (χ0) is 17.1. The van der Waals surface area contributed by atoms with Gasteiger partial charge in [0.2, 0.25) is 0 Å². The highest BCUT2D eigenvalue weighted by Crippen LogP contribution is 2.33. The normalized spacial score (nSPS) is 12.0. The van der Waals surface area contributed by atoms with Crippen molar-refractivity contribution in [3.8, 4) is 6.07 Å². The molecule has 25 heavy (non-hydrogen) atoms. The molecular formula is C20H15N5. The molecule has 0 aliphatic rings.